The summed E-state index contributed by atoms with van der Waals surface area (Å²) in [6, 6.07) is 4.11. The molecular formula is C15H14BrN3S2. The van der Waals surface area contributed by atoms with Crippen molar-refractivity contribution < 1.29 is 0 Å². The van der Waals surface area contributed by atoms with Gasteiger partial charge in [-0.1, -0.05) is 33.0 Å². The summed E-state index contributed by atoms with van der Waals surface area (Å²) in [6.45, 7) is 6.43. The Kier molecular flexibility index (Phi) is 3.71. The molecule has 0 amide bonds. The Hall–Kier alpha value is -1.11. The molecule has 1 N–H and O–H groups in total. The SMILES string of the molecule is CC(C)(C)c1[nH]c(-c2cnc3ccsc3c2)nc(=S)c1Br. The Morgan fingerprint density at radius 1 is 1.33 bits per heavy atom. The average Bonchev–Trinajstić information content (AvgIpc) is 2.87. The molecule has 0 atom stereocenters. The average molecular weight is 380 g/mol. The number of hydrogen-bond acceptors (Lipinski definition) is 4. The van der Waals surface area contributed by atoms with Gasteiger partial charge in [-0.15, -0.1) is 11.3 Å². The van der Waals surface area contributed by atoms with E-state index in [4.69, 9.17) is 12.2 Å². The molecule has 0 spiro atoms. The molecule has 0 aliphatic rings. The Morgan fingerprint density at radius 2 is 2.10 bits per heavy atom. The third kappa shape index (κ3) is 2.80. The van der Waals surface area contributed by atoms with Crippen molar-refractivity contribution in [3.63, 3.8) is 0 Å². The van der Waals surface area contributed by atoms with Gasteiger partial charge in [0.1, 0.15) is 10.5 Å². The molecule has 21 heavy (non-hydrogen) atoms. The van der Waals surface area contributed by atoms with Gasteiger partial charge in [-0.2, -0.15) is 0 Å². The molecule has 0 bridgehead atoms. The quantitative estimate of drug-likeness (QED) is 0.569. The topological polar surface area (TPSA) is 41.6 Å². The van der Waals surface area contributed by atoms with Crippen molar-refractivity contribution in [1.82, 2.24) is 15.0 Å². The van der Waals surface area contributed by atoms with Crippen LogP contribution in [0.25, 0.3) is 21.6 Å². The van der Waals surface area contributed by atoms with Gasteiger partial charge in [-0.25, -0.2) is 4.98 Å². The fraction of sp³-hybridized carbons (Fsp3) is 0.267. The van der Waals surface area contributed by atoms with Gasteiger partial charge in [-0.3, -0.25) is 4.98 Å². The number of aromatic amines is 1. The molecule has 3 aromatic rings. The summed E-state index contributed by atoms with van der Waals surface area (Å²) in [4.78, 5) is 12.4. The minimum absolute atomic E-state index is 0.0510. The molecule has 0 radical (unpaired) electrons. The minimum Gasteiger partial charge on any atom is -0.342 e. The number of aromatic nitrogens is 3. The molecule has 3 heterocycles. The first-order chi connectivity index (χ1) is 9.86. The second-order valence-corrected chi connectivity index (χ2v) is 7.98. The van der Waals surface area contributed by atoms with E-state index in [1.54, 1.807) is 11.3 Å². The van der Waals surface area contributed by atoms with Crippen LogP contribution in [0.3, 0.4) is 0 Å². The largest absolute Gasteiger partial charge is 0.342 e. The zero-order valence-electron chi connectivity index (χ0n) is 11.9. The highest BCUT2D eigenvalue weighted by Gasteiger charge is 2.20. The van der Waals surface area contributed by atoms with Crippen molar-refractivity contribution >= 4 is 49.7 Å². The Balaban J connectivity index is 2.22. The van der Waals surface area contributed by atoms with Crippen LogP contribution in [0.1, 0.15) is 26.5 Å². The van der Waals surface area contributed by atoms with Gasteiger partial charge in [0, 0.05) is 22.9 Å². The van der Waals surface area contributed by atoms with E-state index in [2.05, 4.69) is 57.7 Å². The summed E-state index contributed by atoms with van der Waals surface area (Å²) >= 11 is 10.6. The summed E-state index contributed by atoms with van der Waals surface area (Å²) in [7, 11) is 0. The van der Waals surface area contributed by atoms with Crippen molar-refractivity contribution in [3.8, 4) is 11.4 Å². The Morgan fingerprint density at radius 3 is 2.81 bits per heavy atom. The lowest BCUT2D eigenvalue weighted by molar-refractivity contribution is 0.563. The van der Waals surface area contributed by atoms with E-state index in [0.717, 1.165) is 31.8 Å². The van der Waals surface area contributed by atoms with Gasteiger partial charge in [0.25, 0.3) is 0 Å². The Labute approximate surface area is 140 Å². The highest BCUT2D eigenvalue weighted by atomic mass is 79.9. The molecule has 0 unspecified atom stereocenters. The van der Waals surface area contributed by atoms with Crippen LogP contribution >= 0.6 is 39.5 Å². The van der Waals surface area contributed by atoms with E-state index in [0.29, 0.717) is 4.64 Å². The molecule has 3 nitrogen and oxygen atoms in total. The van der Waals surface area contributed by atoms with E-state index in [1.807, 2.05) is 17.6 Å². The fourth-order valence-electron chi connectivity index (χ4n) is 2.09. The maximum Gasteiger partial charge on any atom is 0.144 e. The maximum absolute atomic E-state index is 5.38. The van der Waals surface area contributed by atoms with Crippen LogP contribution in [0, 0.1) is 4.64 Å². The third-order valence-electron chi connectivity index (χ3n) is 3.19. The minimum atomic E-state index is -0.0510. The summed E-state index contributed by atoms with van der Waals surface area (Å²) in [5.41, 5.74) is 2.96. The van der Waals surface area contributed by atoms with Crippen molar-refractivity contribution in [2.75, 3.05) is 0 Å². The van der Waals surface area contributed by atoms with Gasteiger partial charge in [0.15, 0.2) is 0 Å². The third-order valence-corrected chi connectivity index (χ3v) is 5.37. The molecule has 0 aliphatic heterocycles. The van der Waals surface area contributed by atoms with E-state index in [9.17, 15) is 0 Å². The van der Waals surface area contributed by atoms with Crippen molar-refractivity contribution in [3.05, 3.63) is 38.5 Å². The number of hydrogen-bond donors (Lipinski definition) is 1. The number of thiophene rings is 1. The monoisotopic (exact) mass is 379 g/mol. The summed E-state index contributed by atoms with van der Waals surface area (Å²) < 4.78 is 2.58. The van der Waals surface area contributed by atoms with Crippen LogP contribution in [-0.4, -0.2) is 15.0 Å². The van der Waals surface area contributed by atoms with Crippen molar-refractivity contribution in [2.45, 2.75) is 26.2 Å². The zero-order chi connectivity index (χ0) is 15.2. The number of halogens is 1. The number of nitrogens with one attached hydrogen (secondary N) is 1. The lowest BCUT2D eigenvalue weighted by Gasteiger charge is -2.21. The molecule has 0 saturated carbocycles. The van der Waals surface area contributed by atoms with Gasteiger partial charge in [0.2, 0.25) is 0 Å². The predicted octanol–water partition coefficient (Wildman–Crippen LogP) is 5.48. The molecular weight excluding hydrogens is 366 g/mol. The molecule has 3 rings (SSSR count). The standard InChI is InChI=1S/C15H14BrN3S2/c1-15(2,3)12-11(16)14(20)19-13(18-12)8-6-10-9(17-7-8)4-5-21-10/h4-7H,1-3H3,(H,18,19,20). The Bertz CT molecular complexity index is 874. The molecule has 108 valence electrons. The first-order valence-electron chi connectivity index (χ1n) is 6.50. The number of pyridine rings is 1. The first kappa shape index (κ1) is 14.8. The fourth-order valence-corrected chi connectivity index (χ4v) is 3.84. The van der Waals surface area contributed by atoms with E-state index >= 15 is 0 Å². The van der Waals surface area contributed by atoms with Crippen molar-refractivity contribution in [1.29, 1.82) is 0 Å². The maximum atomic E-state index is 5.38. The summed E-state index contributed by atoms with van der Waals surface area (Å²) in [6.07, 6.45) is 1.84. The van der Waals surface area contributed by atoms with E-state index < -0.39 is 0 Å². The van der Waals surface area contributed by atoms with Gasteiger partial charge >= 0.3 is 0 Å². The van der Waals surface area contributed by atoms with Crippen LogP contribution in [-0.2, 0) is 5.41 Å². The number of nitrogens with zero attached hydrogens (tertiary/aromatic N) is 2. The molecule has 3 aromatic heterocycles. The van der Waals surface area contributed by atoms with Crippen LogP contribution in [0.4, 0.5) is 0 Å². The normalized spacial score (nSPS) is 12.0. The van der Waals surface area contributed by atoms with Gasteiger partial charge < -0.3 is 4.98 Å². The number of fused-ring (bicyclic) bond motifs is 1. The van der Waals surface area contributed by atoms with Crippen LogP contribution in [0.15, 0.2) is 28.2 Å². The zero-order valence-corrected chi connectivity index (χ0v) is 15.1. The summed E-state index contributed by atoms with van der Waals surface area (Å²) in [5.74, 6) is 0.760. The smallest absolute Gasteiger partial charge is 0.144 e. The first-order valence-corrected chi connectivity index (χ1v) is 8.58. The molecule has 0 aromatic carbocycles. The highest BCUT2D eigenvalue weighted by Crippen LogP contribution is 2.31. The van der Waals surface area contributed by atoms with E-state index in [-0.39, 0.29) is 5.41 Å². The van der Waals surface area contributed by atoms with Gasteiger partial charge in [0.05, 0.1) is 14.7 Å². The van der Waals surface area contributed by atoms with Crippen LogP contribution in [0.2, 0.25) is 0 Å². The summed E-state index contributed by atoms with van der Waals surface area (Å²) in [5, 5.41) is 2.04. The van der Waals surface area contributed by atoms with Crippen LogP contribution in [0.5, 0.6) is 0 Å². The molecule has 0 saturated heterocycles. The number of rotatable bonds is 1. The second-order valence-electron chi connectivity index (χ2n) is 5.86. The second kappa shape index (κ2) is 5.26. The molecule has 0 aliphatic carbocycles. The molecule has 6 heteroatoms. The lowest BCUT2D eigenvalue weighted by Crippen LogP contribution is -2.16. The predicted molar refractivity (Wildman–Crippen MR) is 94.4 cm³/mol. The highest BCUT2D eigenvalue weighted by molar-refractivity contribution is 9.10. The number of H-pyrrole nitrogens is 1. The van der Waals surface area contributed by atoms with E-state index in [1.165, 1.54) is 0 Å². The lowest BCUT2D eigenvalue weighted by atomic mass is 9.92. The van der Waals surface area contributed by atoms with Gasteiger partial charge in [-0.05, 0) is 33.4 Å². The van der Waals surface area contributed by atoms with Crippen LogP contribution < -0.4 is 0 Å². The van der Waals surface area contributed by atoms with Crippen molar-refractivity contribution in [2.24, 2.45) is 0 Å². The molecule has 0 fully saturated rings.